The summed E-state index contributed by atoms with van der Waals surface area (Å²) in [4.78, 5) is 39.2. The third-order valence-corrected chi connectivity index (χ3v) is 6.79. The van der Waals surface area contributed by atoms with Crippen molar-refractivity contribution >= 4 is 17.3 Å². The highest BCUT2D eigenvalue weighted by atomic mass is 16.5. The molecule has 0 bridgehead atoms. The predicted molar refractivity (Wildman–Crippen MR) is 130 cm³/mol. The van der Waals surface area contributed by atoms with E-state index in [0.717, 1.165) is 5.56 Å². The summed E-state index contributed by atoms with van der Waals surface area (Å²) in [5.41, 5.74) is -0.661. The van der Waals surface area contributed by atoms with Gasteiger partial charge in [0.1, 0.15) is 34.0 Å². The van der Waals surface area contributed by atoms with Gasteiger partial charge in [0.25, 0.3) is 0 Å². The van der Waals surface area contributed by atoms with Crippen molar-refractivity contribution in [2.45, 2.75) is 39.7 Å². The van der Waals surface area contributed by atoms with Gasteiger partial charge in [0, 0.05) is 29.4 Å². The number of rotatable bonds is 6. The number of phenolic OH excluding ortho intramolecular Hbond substituents is 2. The molecule has 0 saturated carbocycles. The zero-order valence-corrected chi connectivity index (χ0v) is 20.9. The number of fused-ring (bicyclic) bond motifs is 3. The van der Waals surface area contributed by atoms with E-state index in [0.29, 0.717) is 17.2 Å². The van der Waals surface area contributed by atoms with E-state index in [1.165, 1.54) is 41.1 Å². The van der Waals surface area contributed by atoms with Crippen molar-refractivity contribution in [2.75, 3.05) is 14.2 Å². The Morgan fingerprint density at radius 1 is 1.11 bits per heavy atom. The molecule has 188 valence electrons. The first kappa shape index (κ1) is 24.8. The lowest BCUT2D eigenvalue weighted by molar-refractivity contribution is -0.123. The highest BCUT2D eigenvalue weighted by Crippen LogP contribution is 2.57. The highest BCUT2D eigenvalue weighted by molar-refractivity contribution is 6.31. The van der Waals surface area contributed by atoms with Gasteiger partial charge >= 0.3 is 0 Å². The molecule has 1 heterocycles. The van der Waals surface area contributed by atoms with E-state index in [4.69, 9.17) is 14.2 Å². The average molecular weight is 494 g/mol. The largest absolute Gasteiger partial charge is 0.507 e. The molecule has 3 N–H and O–H groups in total. The van der Waals surface area contributed by atoms with Gasteiger partial charge in [-0.2, -0.15) is 0 Å². The van der Waals surface area contributed by atoms with Gasteiger partial charge < -0.3 is 29.7 Å². The van der Waals surface area contributed by atoms with Crippen molar-refractivity contribution in [2.24, 2.45) is 0 Å². The monoisotopic (exact) mass is 493 g/mol. The van der Waals surface area contributed by atoms with Crippen LogP contribution in [0.1, 0.15) is 47.8 Å². The van der Waals surface area contributed by atoms with Gasteiger partial charge in [-0.25, -0.2) is 0 Å². The second kappa shape index (κ2) is 8.75. The Balaban J connectivity index is 1.80. The molecule has 2 aromatic rings. The summed E-state index contributed by atoms with van der Waals surface area (Å²) >= 11 is 0. The molecule has 1 unspecified atom stereocenters. The van der Waals surface area contributed by atoms with Crippen molar-refractivity contribution in [3.8, 4) is 28.7 Å². The number of ketones is 3. The van der Waals surface area contributed by atoms with Crippen LogP contribution < -0.4 is 19.5 Å². The number of aromatic hydroxyl groups is 2. The maximum Gasteiger partial charge on any atom is 0.194 e. The standard InChI is InChI=1S/C27H27NO8/c1-12-22(31)20(14(3)29)25-21(23(12)32)27(4)18(36-25)10-16(30)19(26(27)33)13(2)28-11-15-8-7-9-17(34-5)24(15)35-6/h7-10,28,31-32H,11H2,1-6H3. The van der Waals surface area contributed by atoms with Gasteiger partial charge in [0.05, 0.1) is 25.4 Å². The smallest absolute Gasteiger partial charge is 0.194 e. The molecule has 1 aliphatic carbocycles. The molecule has 0 aromatic heterocycles. The number of nitrogens with one attached hydrogen (secondary N) is 1. The number of para-hydroxylation sites is 1. The number of Topliss-reactive ketones (excluding diaryl/α,β-unsaturated/α-hetero) is 2. The van der Waals surface area contributed by atoms with Crippen LogP contribution in [0.3, 0.4) is 0 Å². The van der Waals surface area contributed by atoms with Crippen LogP contribution in [0.4, 0.5) is 0 Å². The third-order valence-electron chi connectivity index (χ3n) is 6.79. The number of hydrogen-bond donors (Lipinski definition) is 3. The van der Waals surface area contributed by atoms with Crippen molar-refractivity contribution < 1.29 is 38.8 Å². The molecule has 9 heteroatoms. The second-order valence-electron chi connectivity index (χ2n) is 8.89. The molecular formula is C27H27NO8. The SMILES string of the molecule is COc1cccc(CNC(C)=C2C(=O)C=C3Oc4c(C(C)=O)c(O)c(C)c(O)c4C3(C)C2=O)c1OC. The van der Waals surface area contributed by atoms with E-state index < -0.39 is 28.5 Å². The number of methoxy groups -OCH3 is 2. The fraction of sp³-hybridized carbons (Fsp3) is 0.296. The van der Waals surface area contributed by atoms with Crippen molar-refractivity contribution in [1.29, 1.82) is 0 Å². The fourth-order valence-electron chi connectivity index (χ4n) is 4.77. The Morgan fingerprint density at radius 2 is 1.81 bits per heavy atom. The molecular weight excluding hydrogens is 466 g/mol. The van der Waals surface area contributed by atoms with Crippen molar-refractivity contribution in [3.63, 3.8) is 0 Å². The second-order valence-corrected chi connectivity index (χ2v) is 8.89. The van der Waals surface area contributed by atoms with Gasteiger partial charge in [-0.05, 0) is 33.8 Å². The topological polar surface area (TPSA) is 131 Å². The first-order chi connectivity index (χ1) is 17.0. The molecule has 1 aliphatic heterocycles. The van der Waals surface area contributed by atoms with Crippen LogP contribution in [-0.4, -0.2) is 41.8 Å². The zero-order chi connectivity index (χ0) is 26.5. The summed E-state index contributed by atoms with van der Waals surface area (Å²) in [7, 11) is 3.05. The molecule has 2 aromatic carbocycles. The summed E-state index contributed by atoms with van der Waals surface area (Å²) in [5, 5.41) is 24.5. The van der Waals surface area contributed by atoms with Crippen LogP contribution in [0.15, 0.2) is 41.3 Å². The van der Waals surface area contributed by atoms with E-state index in [-0.39, 0.29) is 46.1 Å². The summed E-state index contributed by atoms with van der Waals surface area (Å²) in [5.74, 6) is -1.54. The molecule has 36 heavy (non-hydrogen) atoms. The van der Waals surface area contributed by atoms with Gasteiger partial charge in [-0.3, -0.25) is 14.4 Å². The highest BCUT2D eigenvalue weighted by Gasteiger charge is 2.56. The lowest BCUT2D eigenvalue weighted by Crippen LogP contribution is -2.41. The number of phenols is 2. The minimum Gasteiger partial charge on any atom is -0.507 e. The Kier molecular flexibility index (Phi) is 6.03. The summed E-state index contributed by atoms with van der Waals surface area (Å²) in [6, 6.07) is 5.38. The molecule has 4 rings (SSSR count). The third kappa shape index (κ3) is 3.42. The molecule has 0 saturated heterocycles. The predicted octanol–water partition coefficient (Wildman–Crippen LogP) is 3.38. The number of carbonyl (C=O) groups is 3. The van der Waals surface area contributed by atoms with Gasteiger partial charge in [0.15, 0.2) is 28.8 Å². The minimum absolute atomic E-state index is 0.0127. The van der Waals surface area contributed by atoms with Gasteiger partial charge in [-0.1, -0.05) is 12.1 Å². The summed E-state index contributed by atoms with van der Waals surface area (Å²) in [6.45, 7) is 6.06. The van der Waals surface area contributed by atoms with Crippen LogP contribution in [-0.2, 0) is 21.5 Å². The number of carbonyl (C=O) groups excluding carboxylic acids is 3. The Bertz CT molecular complexity index is 1400. The minimum atomic E-state index is -1.57. The van der Waals surface area contributed by atoms with Crippen LogP contribution in [0.25, 0.3) is 0 Å². The molecule has 0 fully saturated rings. The first-order valence-electron chi connectivity index (χ1n) is 11.2. The lowest BCUT2D eigenvalue weighted by Gasteiger charge is -2.29. The summed E-state index contributed by atoms with van der Waals surface area (Å²) in [6.07, 6.45) is 1.18. The zero-order valence-electron chi connectivity index (χ0n) is 20.9. The maximum atomic E-state index is 13.9. The van der Waals surface area contributed by atoms with E-state index in [1.54, 1.807) is 19.1 Å². The van der Waals surface area contributed by atoms with Crippen LogP contribution in [0.2, 0.25) is 0 Å². The number of hydrogen-bond acceptors (Lipinski definition) is 9. The van der Waals surface area contributed by atoms with E-state index in [2.05, 4.69) is 5.32 Å². The molecule has 0 radical (unpaired) electrons. The Morgan fingerprint density at radius 3 is 2.42 bits per heavy atom. The van der Waals surface area contributed by atoms with E-state index in [1.807, 2.05) is 6.07 Å². The number of allylic oxidation sites excluding steroid dienone is 4. The molecule has 2 aliphatic rings. The molecule has 0 amide bonds. The average Bonchev–Trinajstić information content (AvgIpc) is 3.13. The first-order valence-corrected chi connectivity index (χ1v) is 11.2. The van der Waals surface area contributed by atoms with Crippen LogP contribution in [0.5, 0.6) is 28.7 Å². The van der Waals surface area contributed by atoms with Crippen LogP contribution in [0, 0.1) is 6.92 Å². The van der Waals surface area contributed by atoms with Crippen molar-refractivity contribution in [1.82, 2.24) is 5.32 Å². The fourth-order valence-corrected chi connectivity index (χ4v) is 4.77. The molecule has 1 atom stereocenters. The van der Waals surface area contributed by atoms with Gasteiger partial charge in [0.2, 0.25) is 0 Å². The lowest BCUT2D eigenvalue weighted by atomic mass is 9.70. The quantitative estimate of drug-likeness (QED) is 0.315. The number of benzene rings is 2. The van der Waals surface area contributed by atoms with Crippen LogP contribution >= 0.6 is 0 Å². The number of ether oxygens (including phenoxy) is 3. The molecule has 0 spiro atoms. The normalized spacial score (nSPS) is 19.7. The molecule has 9 nitrogen and oxygen atoms in total. The maximum absolute atomic E-state index is 13.9. The van der Waals surface area contributed by atoms with Gasteiger partial charge in [-0.15, -0.1) is 0 Å². The van der Waals surface area contributed by atoms with E-state index >= 15 is 0 Å². The van der Waals surface area contributed by atoms with E-state index in [9.17, 15) is 24.6 Å². The Labute approximate surface area is 208 Å². The Hall–Kier alpha value is -4.27. The van der Waals surface area contributed by atoms with Crippen molar-refractivity contribution in [3.05, 3.63) is 63.6 Å². The summed E-state index contributed by atoms with van der Waals surface area (Å²) < 4.78 is 16.6.